The number of hydrogen-bond acceptors (Lipinski definition) is 1. The van der Waals surface area contributed by atoms with Crippen LogP contribution in [0.15, 0.2) is 0 Å². The van der Waals surface area contributed by atoms with Crippen molar-refractivity contribution in [1.82, 2.24) is 0 Å². The minimum atomic E-state index is -0.187. The molecule has 0 aliphatic heterocycles. The van der Waals surface area contributed by atoms with Crippen molar-refractivity contribution >= 4 is 17.4 Å². The van der Waals surface area contributed by atoms with E-state index < -0.39 is 0 Å². The molecule has 0 aromatic heterocycles. The van der Waals surface area contributed by atoms with Gasteiger partial charge in [0.2, 0.25) is 0 Å². The lowest BCUT2D eigenvalue weighted by Crippen LogP contribution is -2.23. The van der Waals surface area contributed by atoms with Crippen LogP contribution < -0.4 is 10.6 Å². The Hall–Kier alpha value is -2.29. The molecule has 0 unspecified atom stereocenters. The van der Waals surface area contributed by atoms with E-state index in [4.69, 9.17) is 0 Å². The molecule has 0 spiro atoms. The van der Waals surface area contributed by atoms with Crippen LogP contribution in [-0.2, 0) is 0 Å². The maximum atomic E-state index is 12.8. The molecule has 0 bridgehead atoms. The lowest BCUT2D eigenvalue weighted by molar-refractivity contribution is 0.262. The van der Waals surface area contributed by atoms with Crippen LogP contribution in [0, 0.1) is 69.2 Å². The summed E-state index contributed by atoms with van der Waals surface area (Å²) in [4.78, 5) is 12.8. The molecule has 0 saturated carbocycles. The standard InChI is InChI=1S/C23H32N2O/c1-11-13(3)17(7)21(18(8)14(11)4)24-23(26)25-22-19(9)15(5)12(2)16(6)20(22)10/h1-10H3,(H2,24,25,26). The van der Waals surface area contributed by atoms with Gasteiger partial charge in [0.25, 0.3) is 0 Å². The number of carbonyl (C=O) groups is 1. The lowest BCUT2D eigenvalue weighted by Gasteiger charge is -2.22. The van der Waals surface area contributed by atoms with Crippen LogP contribution in [0.4, 0.5) is 16.2 Å². The fraction of sp³-hybridized carbons (Fsp3) is 0.435. The van der Waals surface area contributed by atoms with Gasteiger partial charge in [-0.3, -0.25) is 0 Å². The van der Waals surface area contributed by atoms with Crippen LogP contribution in [0.1, 0.15) is 55.6 Å². The smallest absolute Gasteiger partial charge is 0.307 e. The highest BCUT2D eigenvalue weighted by molar-refractivity contribution is 6.02. The van der Waals surface area contributed by atoms with Gasteiger partial charge in [0.1, 0.15) is 0 Å². The van der Waals surface area contributed by atoms with Crippen molar-refractivity contribution < 1.29 is 4.79 Å². The second kappa shape index (κ2) is 7.14. The molecule has 0 atom stereocenters. The maximum absolute atomic E-state index is 12.8. The van der Waals surface area contributed by atoms with Gasteiger partial charge in [-0.15, -0.1) is 0 Å². The minimum Gasteiger partial charge on any atom is -0.307 e. The predicted molar refractivity (Wildman–Crippen MR) is 113 cm³/mol. The number of anilines is 2. The second-order valence-electron chi connectivity index (χ2n) is 7.58. The average Bonchev–Trinajstić information content (AvgIpc) is 2.62. The fourth-order valence-corrected chi connectivity index (χ4v) is 3.63. The number of hydrogen-bond donors (Lipinski definition) is 2. The number of nitrogens with one attached hydrogen (secondary N) is 2. The van der Waals surface area contributed by atoms with E-state index in [0.717, 1.165) is 33.6 Å². The van der Waals surface area contributed by atoms with Crippen molar-refractivity contribution in [2.75, 3.05) is 10.6 Å². The molecular formula is C23H32N2O. The summed E-state index contributed by atoms with van der Waals surface area (Å²) in [5.41, 5.74) is 13.9. The molecule has 0 radical (unpaired) electrons. The summed E-state index contributed by atoms with van der Waals surface area (Å²) in [6, 6.07) is -0.187. The zero-order valence-corrected chi connectivity index (χ0v) is 17.9. The lowest BCUT2D eigenvalue weighted by atomic mass is 9.92. The fourth-order valence-electron chi connectivity index (χ4n) is 3.63. The van der Waals surface area contributed by atoms with Crippen molar-refractivity contribution in [2.45, 2.75) is 69.2 Å². The van der Waals surface area contributed by atoms with Gasteiger partial charge in [-0.1, -0.05) is 0 Å². The van der Waals surface area contributed by atoms with E-state index in [9.17, 15) is 4.79 Å². The molecule has 0 heterocycles. The average molecular weight is 353 g/mol. The number of urea groups is 1. The van der Waals surface area contributed by atoms with Crippen LogP contribution in [0.5, 0.6) is 0 Å². The molecular weight excluding hydrogens is 320 g/mol. The van der Waals surface area contributed by atoms with Crippen LogP contribution in [-0.4, -0.2) is 6.03 Å². The number of rotatable bonds is 2. The van der Waals surface area contributed by atoms with Crippen molar-refractivity contribution in [1.29, 1.82) is 0 Å². The third-order valence-electron chi connectivity index (χ3n) is 6.48. The molecule has 2 aromatic rings. The van der Waals surface area contributed by atoms with Crippen molar-refractivity contribution in [3.63, 3.8) is 0 Å². The highest BCUT2D eigenvalue weighted by Crippen LogP contribution is 2.32. The molecule has 2 rings (SSSR count). The van der Waals surface area contributed by atoms with Crippen molar-refractivity contribution in [2.24, 2.45) is 0 Å². The largest absolute Gasteiger partial charge is 0.323 e. The Morgan fingerprint density at radius 2 is 0.615 bits per heavy atom. The van der Waals surface area contributed by atoms with E-state index in [-0.39, 0.29) is 6.03 Å². The van der Waals surface area contributed by atoms with Crippen LogP contribution in [0.3, 0.4) is 0 Å². The van der Waals surface area contributed by atoms with Gasteiger partial charge in [0.15, 0.2) is 0 Å². The Balaban J connectivity index is 2.41. The molecule has 2 aromatic carbocycles. The molecule has 0 fully saturated rings. The summed E-state index contributed by atoms with van der Waals surface area (Å²) in [5.74, 6) is 0. The van der Waals surface area contributed by atoms with Gasteiger partial charge in [0.05, 0.1) is 0 Å². The Morgan fingerprint density at radius 3 is 0.846 bits per heavy atom. The summed E-state index contributed by atoms with van der Waals surface area (Å²) < 4.78 is 0. The first-order valence-electron chi connectivity index (χ1n) is 9.20. The van der Waals surface area contributed by atoms with E-state index in [1.54, 1.807) is 0 Å². The van der Waals surface area contributed by atoms with E-state index in [1.807, 2.05) is 0 Å². The third kappa shape index (κ3) is 3.23. The van der Waals surface area contributed by atoms with Gasteiger partial charge in [0, 0.05) is 11.4 Å². The molecule has 26 heavy (non-hydrogen) atoms. The van der Waals surface area contributed by atoms with E-state index in [1.165, 1.54) is 33.4 Å². The molecule has 2 N–H and O–H groups in total. The first kappa shape index (κ1) is 20.0. The summed E-state index contributed by atoms with van der Waals surface area (Å²) in [6.07, 6.45) is 0. The highest BCUT2D eigenvalue weighted by atomic mass is 16.2. The van der Waals surface area contributed by atoms with Crippen molar-refractivity contribution in [3.8, 4) is 0 Å². The topological polar surface area (TPSA) is 41.1 Å². The van der Waals surface area contributed by atoms with E-state index in [0.29, 0.717) is 0 Å². The van der Waals surface area contributed by atoms with Gasteiger partial charge < -0.3 is 10.6 Å². The predicted octanol–water partition coefficient (Wildman–Crippen LogP) is 6.41. The molecule has 0 aliphatic carbocycles. The molecule has 0 saturated heterocycles. The van der Waals surface area contributed by atoms with Gasteiger partial charge in [-0.2, -0.15) is 0 Å². The Kier molecular flexibility index (Phi) is 5.50. The van der Waals surface area contributed by atoms with E-state index in [2.05, 4.69) is 79.9 Å². The SMILES string of the molecule is Cc1c(C)c(C)c(NC(=O)Nc2c(C)c(C)c(C)c(C)c2C)c(C)c1C. The zero-order valence-electron chi connectivity index (χ0n) is 17.9. The van der Waals surface area contributed by atoms with Gasteiger partial charge in [-0.05, 0) is 125 Å². The zero-order chi connectivity index (χ0) is 19.9. The van der Waals surface area contributed by atoms with Gasteiger partial charge >= 0.3 is 6.03 Å². The Morgan fingerprint density at radius 1 is 0.423 bits per heavy atom. The quantitative estimate of drug-likeness (QED) is 0.644. The first-order chi connectivity index (χ1) is 12.0. The molecule has 2 amide bonds. The number of benzene rings is 2. The number of carbonyl (C=O) groups excluding carboxylic acids is 1. The summed E-state index contributed by atoms with van der Waals surface area (Å²) in [6.45, 7) is 21.0. The second-order valence-corrected chi connectivity index (χ2v) is 7.58. The summed E-state index contributed by atoms with van der Waals surface area (Å²) >= 11 is 0. The Labute approximate surface area is 158 Å². The third-order valence-corrected chi connectivity index (χ3v) is 6.48. The Bertz CT molecular complexity index is 776. The van der Waals surface area contributed by atoms with Crippen LogP contribution in [0.2, 0.25) is 0 Å². The molecule has 3 nitrogen and oxygen atoms in total. The molecule has 3 heteroatoms. The van der Waals surface area contributed by atoms with E-state index >= 15 is 0 Å². The monoisotopic (exact) mass is 352 g/mol. The summed E-state index contributed by atoms with van der Waals surface area (Å²) in [5, 5.41) is 6.19. The van der Waals surface area contributed by atoms with Crippen LogP contribution >= 0.6 is 0 Å². The van der Waals surface area contributed by atoms with Crippen LogP contribution in [0.25, 0.3) is 0 Å². The number of amides is 2. The maximum Gasteiger partial charge on any atom is 0.323 e. The normalized spacial score (nSPS) is 10.8. The summed E-state index contributed by atoms with van der Waals surface area (Å²) in [7, 11) is 0. The van der Waals surface area contributed by atoms with Crippen molar-refractivity contribution in [3.05, 3.63) is 55.6 Å². The van der Waals surface area contributed by atoms with Gasteiger partial charge in [-0.25, -0.2) is 4.79 Å². The molecule has 140 valence electrons. The highest BCUT2D eigenvalue weighted by Gasteiger charge is 2.17. The first-order valence-corrected chi connectivity index (χ1v) is 9.20. The minimum absolute atomic E-state index is 0.187. The molecule has 0 aliphatic rings.